The van der Waals surface area contributed by atoms with Crippen molar-refractivity contribution in [3.63, 3.8) is 0 Å². The first-order valence-corrected chi connectivity index (χ1v) is 6.66. The van der Waals surface area contributed by atoms with Crippen molar-refractivity contribution in [2.75, 3.05) is 11.9 Å². The van der Waals surface area contributed by atoms with Gasteiger partial charge in [-0.15, -0.1) is 0 Å². The van der Waals surface area contributed by atoms with Gasteiger partial charge in [-0.1, -0.05) is 6.07 Å². The average molecular weight is 260 g/mol. The van der Waals surface area contributed by atoms with E-state index in [1.807, 2.05) is 27.7 Å². The summed E-state index contributed by atoms with van der Waals surface area (Å²) in [7, 11) is 0. The number of carbonyl (C=O) groups is 1. The summed E-state index contributed by atoms with van der Waals surface area (Å²) >= 11 is 0. The molecule has 102 valence electrons. The summed E-state index contributed by atoms with van der Waals surface area (Å²) in [5.74, 6) is 0.890. The average Bonchev–Trinajstić information content (AvgIpc) is 2.77. The quantitative estimate of drug-likeness (QED) is 0.810. The molecule has 1 amide bonds. The van der Waals surface area contributed by atoms with Crippen LogP contribution in [0.25, 0.3) is 0 Å². The van der Waals surface area contributed by atoms with E-state index in [4.69, 9.17) is 10.5 Å². The number of hydrogen-bond acceptors (Lipinski definition) is 3. The summed E-state index contributed by atoms with van der Waals surface area (Å²) in [5, 5.41) is 2.98. The summed E-state index contributed by atoms with van der Waals surface area (Å²) in [4.78, 5) is 12.1. The molecule has 2 aliphatic rings. The molecule has 19 heavy (non-hydrogen) atoms. The standard InChI is InChI=1S/C15H20N2O2/c1-8-5-9-6-15(4,7-16)19-12(9)10-11(8)17-13(18)14(10,2)3/h5H,6-7,16H2,1-4H3,(H,17,18). The lowest BCUT2D eigenvalue weighted by molar-refractivity contribution is -0.119. The predicted octanol–water partition coefficient (Wildman–Crippen LogP) is 1.88. The van der Waals surface area contributed by atoms with Gasteiger partial charge in [-0.2, -0.15) is 0 Å². The van der Waals surface area contributed by atoms with Gasteiger partial charge in [0, 0.05) is 18.5 Å². The molecule has 1 aromatic rings. The number of aryl methyl sites for hydroxylation is 1. The summed E-state index contributed by atoms with van der Waals surface area (Å²) in [6, 6.07) is 2.11. The fourth-order valence-corrected chi connectivity index (χ4v) is 3.06. The van der Waals surface area contributed by atoms with Crippen LogP contribution in [0.5, 0.6) is 5.75 Å². The highest BCUT2D eigenvalue weighted by molar-refractivity contribution is 6.07. The van der Waals surface area contributed by atoms with Gasteiger partial charge in [-0.05, 0) is 38.8 Å². The van der Waals surface area contributed by atoms with Crippen LogP contribution in [0.2, 0.25) is 0 Å². The van der Waals surface area contributed by atoms with Crippen molar-refractivity contribution in [3.05, 3.63) is 22.8 Å². The molecule has 0 aliphatic carbocycles. The van der Waals surface area contributed by atoms with Crippen molar-refractivity contribution in [2.24, 2.45) is 5.73 Å². The van der Waals surface area contributed by atoms with Gasteiger partial charge in [0.25, 0.3) is 0 Å². The lowest BCUT2D eigenvalue weighted by atomic mass is 9.83. The first kappa shape index (κ1) is 12.5. The maximum atomic E-state index is 12.1. The number of fused-ring (bicyclic) bond motifs is 3. The van der Waals surface area contributed by atoms with E-state index in [-0.39, 0.29) is 11.5 Å². The highest BCUT2D eigenvalue weighted by Gasteiger charge is 2.46. The summed E-state index contributed by atoms with van der Waals surface area (Å²) in [6.45, 7) is 8.40. The van der Waals surface area contributed by atoms with Crippen LogP contribution < -0.4 is 15.8 Å². The van der Waals surface area contributed by atoms with E-state index in [1.54, 1.807) is 0 Å². The Morgan fingerprint density at radius 2 is 2.11 bits per heavy atom. The second-order valence-corrected chi connectivity index (χ2v) is 6.44. The molecule has 1 aromatic carbocycles. The van der Waals surface area contributed by atoms with E-state index in [0.717, 1.165) is 34.5 Å². The SMILES string of the molecule is Cc1cc2c(c3c1NC(=O)C3(C)C)OC(C)(CN)C2. The molecule has 3 N–H and O–H groups in total. The molecule has 1 unspecified atom stereocenters. The zero-order valence-electron chi connectivity index (χ0n) is 11.9. The first-order chi connectivity index (χ1) is 8.78. The highest BCUT2D eigenvalue weighted by atomic mass is 16.5. The van der Waals surface area contributed by atoms with Crippen LogP contribution in [-0.4, -0.2) is 18.1 Å². The second-order valence-electron chi connectivity index (χ2n) is 6.44. The Bertz CT molecular complexity index is 592. The van der Waals surface area contributed by atoms with Crippen molar-refractivity contribution >= 4 is 11.6 Å². The normalized spacial score (nSPS) is 26.7. The van der Waals surface area contributed by atoms with E-state index >= 15 is 0 Å². The topological polar surface area (TPSA) is 64.3 Å². The Labute approximate surface area is 113 Å². The Hall–Kier alpha value is -1.55. The van der Waals surface area contributed by atoms with Crippen molar-refractivity contribution in [2.45, 2.75) is 45.1 Å². The summed E-state index contributed by atoms with van der Waals surface area (Å²) < 4.78 is 6.11. The summed E-state index contributed by atoms with van der Waals surface area (Å²) in [6.07, 6.45) is 0.803. The van der Waals surface area contributed by atoms with E-state index in [2.05, 4.69) is 11.4 Å². The molecule has 0 radical (unpaired) electrons. The third kappa shape index (κ3) is 1.53. The number of carbonyl (C=O) groups excluding carboxylic acids is 1. The Balaban J connectivity index is 2.24. The molecule has 3 rings (SSSR count). The molecule has 4 nitrogen and oxygen atoms in total. The second kappa shape index (κ2) is 3.51. The number of nitrogens with two attached hydrogens (primary N) is 1. The van der Waals surface area contributed by atoms with Crippen molar-refractivity contribution in [3.8, 4) is 5.75 Å². The third-order valence-corrected chi connectivity index (χ3v) is 4.33. The molecule has 0 aromatic heterocycles. The Kier molecular flexibility index (Phi) is 2.31. The number of ether oxygens (including phenoxy) is 1. The Morgan fingerprint density at radius 3 is 2.74 bits per heavy atom. The van der Waals surface area contributed by atoms with Crippen LogP contribution in [0.1, 0.15) is 37.5 Å². The molecule has 1 atom stereocenters. The fourth-order valence-electron chi connectivity index (χ4n) is 3.06. The molecular weight excluding hydrogens is 240 g/mol. The highest BCUT2D eigenvalue weighted by Crippen LogP contribution is 2.50. The lowest BCUT2D eigenvalue weighted by Gasteiger charge is -2.24. The molecule has 0 saturated heterocycles. The summed E-state index contributed by atoms with van der Waals surface area (Å²) in [5.41, 5.74) is 9.07. The first-order valence-electron chi connectivity index (χ1n) is 6.66. The molecule has 0 bridgehead atoms. The van der Waals surface area contributed by atoms with Crippen molar-refractivity contribution in [1.29, 1.82) is 0 Å². The van der Waals surface area contributed by atoms with E-state index < -0.39 is 5.41 Å². The van der Waals surface area contributed by atoms with Gasteiger partial charge in [-0.25, -0.2) is 0 Å². The minimum Gasteiger partial charge on any atom is -0.485 e. The monoisotopic (exact) mass is 260 g/mol. The maximum absolute atomic E-state index is 12.1. The van der Waals surface area contributed by atoms with Gasteiger partial charge >= 0.3 is 0 Å². The largest absolute Gasteiger partial charge is 0.485 e. The van der Waals surface area contributed by atoms with Crippen LogP contribution >= 0.6 is 0 Å². The van der Waals surface area contributed by atoms with E-state index in [9.17, 15) is 4.79 Å². The Morgan fingerprint density at radius 1 is 1.42 bits per heavy atom. The molecular formula is C15H20N2O2. The van der Waals surface area contributed by atoms with Gasteiger partial charge in [0.2, 0.25) is 5.91 Å². The van der Waals surface area contributed by atoms with Crippen LogP contribution in [0, 0.1) is 6.92 Å². The van der Waals surface area contributed by atoms with Gasteiger partial charge in [0.15, 0.2) is 0 Å². The van der Waals surface area contributed by atoms with Crippen LogP contribution in [-0.2, 0) is 16.6 Å². The number of benzene rings is 1. The van der Waals surface area contributed by atoms with Crippen LogP contribution in [0.15, 0.2) is 6.07 Å². The third-order valence-electron chi connectivity index (χ3n) is 4.33. The van der Waals surface area contributed by atoms with Crippen molar-refractivity contribution in [1.82, 2.24) is 0 Å². The molecule has 2 aliphatic heterocycles. The minimum atomic E-state index is -0.550. The zero-order valence-corrected chi connectivity index (χ0v) is 11.9. The number of nitrogens with one attached hydrogen (secondary N) is 1. The number of rotatable bonds is 1. The minimum absolute atomic E-state index is 0.0314. The lowest BCUT2D eigenvalue weighted by Crippen LogP contribution is -2.39. The van der Waals surface area contributed by atoms with E-state index in [1.165, 1.54) is 0 Å². The number of anilines is 1. The van der Waals surface area contributed by atoms with Crippen LogP contribution in [0.3, 0.4) is 0 Å². The smallest absolute Gasteiger partial charge is 0.234 e. The predicted molar refractivity (Wildman–Crippen MR) is 74.6 cm³/mol. The van der Waals surface area contributed by atoms with Gasteiger partial charge in [0.1, 0.15) is 11.4 Å². The van der Waals surface area contributed by atoms with E-state index in [0.29, 0.717) is 6.54 Å². The number of hydrogen-bond donors (Lipinski definition) is 2. The van der Waals surface area contributed by atoms with Gasteiger partial charge in [0.05, 0.1) is 11.1 Å². The molecule has 4 heteroatoms. The van der Waals surface area contributed by atoms with Crippen molar-refractivity contribution < 1.29 is 9.53 Å². The fraction of sp³-hybridized carbons (Fsp3) is 0.533. The molecule has 0 fully saturated rings. The maximum Gasteiger partial charge on any atom is 0.234 e. The van der Waals surface area contributed by atoms with Crippen LogP contribution in [0.4, 0.5) is 5.69 Å². The van der Waals surface area contributed by atoms with Gasteiger partial charge < -0.3 is 15.8 Å². The van der Waals surface area contributed by atoms with Gasteiger partial charge in [-0.3, -0.25) is 4.79 Å². The molecule has 0 spiro atoms. The molecule has 0 saturated carbocycles. The molecule has 2 heterocycles. The zero-order chi connectivity index (χ0) is 14.0. The number of amides is 1.